The van der Waals surface area contributed by atoms with Gasteiger partial charge in [0.25, 0.3) is 0 Å². The van der Waals surface area contributed by atoms with E-state index in [1.807, 2.05) is 6.07 Å². The second kappa shape index (κ2) is 3.84. The van der Waals surface area contributed by atoms with E-state index >= 15 is 0 Å². The molecule has 0 amide bonds. The van der Waals surface area contributed by atoms with Crippen molar-refractivity contribution in [3.05, 3.63) is 17.8 Å². The summed E-state index contributed by atoms with van der Waals surface area (Å²) in [6.07, 6.45) is 3.86. The zero-order chi connectivity index (χ0) is 9.97. The molecular weight excluding hydrogens is 176 g/mol. The molecule has 1 aromatic rings. The van der Waals surface area contributed by atoms with Gasteiger partial charge < -0.3 is 16.8 Å². The summed E-state index contributed by atoms with van der Waals surface area (Å²) in [5.74, 6) is 1.07. The first kappa shape index (κ1) is 9.27. The highest BCUT2D eigenvalue weighted by Gasteiger charge is 2.19. The van der Waals surface area contributed by atoms with Crippen LogP contribution in [0.25, 0.3) is 0 Å². The average Bonchev–Trinajstić information content (AvgIpc) is 2.19. The first-order valence-corrected chi connectivity index (χ1v) is 4.99. The molecule has 4 nitrogen and oxygen atoms in total. The van der Waals surface area contributed by atoms with E-state index in [4.69, 9.17) is 11.5 Å². The SMILES string of the molecule is Nc1ccnc(N)c1C1CCNCC1. The number of anilines is 2. The number of nitrogens with zero attached hydrogens (tertiary/aromatic N) is 1. The quantitative estimate of drug-likeness (QED) is 0.612. The van der Waals surface area contributed by atoms with Gasteiger partial charge in [0.1, 0.15) is 5.82 Å². The third-order valence-corrected chi connectivity index (χ3v) is 2.80. The van der Waals surface area contributed by atoms with E-state index < -0.39 is 0 Å². The molecule has 0 aromatic carbocycles. The topological polar surface area (TPSA) is 77.0 Å². The maximum Gasteiger partial charge on any atom is 0.128 e. The van der Waals surface area contributed by atoms with Crippen LogP contribution in [-0.2, 0) is 0 Å². The number of nitrogens with one attached hydrogen (secondary N) is 1. The second-order valence-electron chi connectivity index (χ2n) is 3.72. The van der Waals surface area contributed by atoms with Crippen LogP contribution in [0.4, 0.5) is 11.5 Å². The van der Waals surface area contributed by atoms with Crippen LogP contribution < -0.4 is 16.8 Å². The van der Waals surface area contributed by atoms with Gasteiger partial charge in [-0.3, -0.25) is 0 Å². The van der Waals surface area contributed by atoms with Crippen LogP contribution in [0.5, 0.6) is 0 Å². The van der Waals surface area contributed by atoms with E-state index in [0.717, 1.165) is 37.2 Å². The molecule has 1 aliphatic rings. The predicted molar refractivity (Wildman–Crippen MR) is 57.9 cm³/mol. The Bertz CT molecular complexity index is 298. The third kappa shape index (κ3) is 1.65. The van der Waals surface area contributed by atoms with E-state index in [0.29, 0.717) is 11.7 Å². The van der Waals surface area contributed by atoms with Gasteiger partial charge in [-0.2, -0.15) is 0 Å². The predicted octanol–water partition coefficient (Wildman–Crippen LogP) is 0.713. The van der Waals surface area contributed by atoms with Gasteiger partial charge in [-0.1, -0.05) is 0 Å². The molecule has 1 saturated heterocycles. The fourth-order valence-corrected chi connectivity index (χ4v) is 2.06. The maximum atomic E-state index is 5.91. The molecule has 0 bridgehead atoms. The van der Waals surface area contributed by atoms with Gasteiger partial charge >= 0.3 is 0 Å². The first-order chi connectivity index (χ1) is 6.79. The number of aromatic nitrogens is 1. The van der Waals surface area contributed by atoms with Gasteiger partial charge in [0.05, 0.1) is 0 Å². The van der Waals surface area contributed by atoms with Crippen LogP contribution in [0.15, 0.2) is 12.3 Å². The smallest absolute Gasteiger partial charge is 0.128 e. The largest absolute Gasteiger partial charge is 0.398 e. The third-order valence-electron chi connectivity index (χ3n) is 2.80. The van der Waals surface area contributed by atoms with Crippen LogP contribution >= 0.6 is 0 Å². The summed E-state index contributed by atoms with van der Waals surface area (Å²) in [7, 11) is 0. The normalized spacial score (nSPS) is 18.3. The molecule has 76 valence electrons. The van der Waals surface area contributed by atoms with Crippen LogP contribution in [0.1, 0.15) is 24.3 Å². The average molecular weight is 192 g/mol. The van der Waals surface area contributed by atoms with Crippen molar-refractivity contribution in [2.24, 2.45) is 0 Å². The molecule has 1 fully saturated rings. The summed E-state index contributed by atoms with van der Waals surface area (Å²) in [6.45, 7) is 2.08. The van der Waals surface area contributed by atoms with Crippen molar-refractivity contribution in [3.8, 4) is 0 Å². The molecule has 5 N–H and O–H groups in total. The lowest BCUT2D eigenvalue weighted by molar-refractivity contribution is 0.461. The molecule has 4 heteroatoms. The number of hydrogen-bond donors (Lipinski definition) is 3. The number of rotatable bonds is 1. The van der Waals surface area contributed by atoms with Gasteiger partial charge in [0.2, 0.25) is 0 Å². The summed E-state index contributed by atoms with van der Waals surface area (Å²) >= 11 is 0. The van der Waals surface area contributed by atoms with Crippen molar-refractivity contribution in [2.45, 2.75) is 18.8 Å². The highest BCUT2D eigenvalue weighted by atomic mass is 14.9. The Balaban J connectivity index is 2.29. The van der Waals surface area contributed by atoms with Gasteiger partial charge in [-0.05, 0) is 37.9 Å². The van der Waals surface area contributed by atoms with Gasteiger partial charge in [-0.15, -0.1) is 0 Å². The van der Waals surface area contributed by atoms with E-state index in [1.165, 1.54) is 0 Å². The number of piperidine rings is 1. The van der Waals surface area contributed by atoms with Crippen molar-refractivity contribution >= 4 is 11.5 Å². The minimum atomic E-state index is 0.477. The molecule has 1 aliphatic heterocycles. The second-order valence-corrected chi connectivity index (χ2v) is 3.72. The first-order valence-electron chi connectivity index (χ1n) is 4.99. The molecule has 1 aromatic heterocycles. The number of nitrogens with two attached hydrogens (primary N) is 2. The molecule has 0 aliphatic carbocycles. The fourth-order valence-electron chi connectivity index (χ4n) is 2.06. The lowest BCUT2D eigenvalue weighted by atomic mass is 9.89. The zero-order valence-electron chi connectivity index (χ0n) is 8.16. The Morgan fingerprint density at radius 3 is 2.64 bits per heavy atom. The molecule has 0 saturated carbocycles. The summed E-state index contributed by atoms with van der Waals surface area (Å²) in [5, 5.41) is 3.32. The molecule has 14 heavy (non-hydrogen) atoms. The molecule has 0 radical (unpaired) electrons. The summed E-state index contributed by atoms with van der Waals surface area (Å²) in [4.78, 5) is 4.09. The molecule has 2 rings (SSSR count). The zero-order valence-corrected chi connectivity index (χ0v) is 8.16. The highest BCUT2D eigenvalue weighted by molar-refractivity contribution is 5.58. The minimum Gasteiger partial charge on any atom is -0.398 e. The molecular formula is C10H16N4. The number of nitrogen functional groups attached to an aromatic ring is 2. The maximum absolute atomic E-state index is 5.91. The van der Waals surface area contributed by atoms with E-state index in [2.05, 4.69) is 10.3 Å². The van der Waals surface area contributed by atoms with Crippen molar-refractivity contribution in [1.29, 1.82) is 0 Å². The van der Waals surface area contributed by atoms with Crippen LogP contribution in [0, 0.1) is 0 Å². The summed E-state index contributed by atoms with van der Waals surface area (Å²) in [6, 6.07) is 1.83. The van der Waals surface area contributed by atoms with Gasteiger partial charge in [0.15, 0.2) is 0 Å². The Labute approximate surface area is 83.7 Å². The van der Waals surface area contributed by atoms with Gasteiger partial charge in [-0.25, -0.2) is 4.98 Å². The van der Waals surface area contributed by atoms with Crippen molar-refractivity contribution in [2.75, 3.05) is 24.6 Å². The Hall–Kier alpha value is -1.29. The van der Waals surface area contributed by atoms with Crippen LogP contribution in [0.2, 0.25) is 0 Å². The van der Waals surface area contributed by atoms with Crippen molar-refractivity contribution in [3.63, 3.8) is 0 Å². The lowest BCUT2D eigenvalue weighted by Gasteiger charge is -2.24. The summed E-state index contributed by atoms with van der Waals surface area (Å²) in [5.41, 5.74) is 13.6. The van der Waals surface area contributed by atoms with Gasteiger partial charge in [0, 0.05) is 17.4 Å². The standard InChI is InChI=1S/C10H16N4/c11-8-3-6-14-10(12)9(8)7-1-4-13-5-2-7/h3,6-7,13H,1-2,4-5H2,(H4,11,12,14). The Morgan fingerprint density at radius 1 is 1.29 bits per heavy atom. The van der Waals surface area contributed by atoms with Crippen LogP contribution in [-0.4, -0.2) is 18.1 Å². The van der Waals surface area contributed by atoms with Crippen molar-refractivity contribution in [1.82, 2.24) is 10.3 Å². The molecule has 0 unspecified atom stereocenters. The van der Waals surface area contributed by atoms with Crippen LogP contribution in [0.3, 0.4) is 0 Å². The highest BCUT2D eigenvalue weighted by Crippen LogP contribution is 2.32. The lowest BCUT2D eigenvalue weighted by Crippen LogP contribution is -2.27. The number of pyridine rings is 1. The monoisotopic (exact) mass is 192 g/mol. The summed E-state index contributed by atoms with van der Waals surface area (Å²) < 4.78 is 0. The Kier molecular flexibility index (Phi) is 2.54. The molecule has 0 atom stereocenters. The molecule has 2 heterocycles. The molecule has 0 spiro atoms. The Morgan fingerprint density at radius 2 is 2.00 bits per heavy atom. The van der Waals surface area contributed by atoms with E-state index in [9.17, 15) is 0 Å². The van der Waals surface area contributed by atoms with E-state index in [-0.39, 0.29) is 0 Å². The van der Waals surface area contributed by atoms with Crippen molar-refractivity contribution < 1.29 is 0 Å². The number of hydrogen-bond acceptors (Lipinski definition) is 4. The minimum absolute atomic E-state index is 0.477. The van der Waals surface area contributed by atoms with E-state index in [1.54, 1.807) is 6.20 Å². The fraction of sp³-hybridized carbons (Fsp3) is 0.500.